The van der Waals surface area contributed by atoms with Gasteiger partial charge in [-0.3, -0.25) is 0 Å². The fourth-order valence-electron chi connectivity index (χ4n) is 1.27. The van der Waals surface area contributed by atoms with Crippen LogP contribution in [0.4, 0.5) is 22.7 Å². The third-order valence-electron chi connectivity index (χ3n) is 2.08. The molecule has 0 fully saturated rings. The van der Waals surface area contributed by atoms with Gasteiger partial charge in [-0.1, -0.05) is 18.2 Å². The standard InChI is InChI=1S/C12H12N4.2ClH/c13-9-6-7-12(11(14)8-9)16-15-10-4-2-1-3-5-10;;/h1-8H,13-14H2;2*1H/b16-15+;;. The molecule has 18 heavy (non-hydrogen) atoms. The maximum atomic E-state index is 5.75. The van der Waals surface area contributed by atoms with Gasteiger partial charge in [-0.2, -0.15) is 5.11 Å². The average Bonchev–Trinajstić information content (AvgIpc) is 2.29. The number of anilines is 2. The molecule has 0 radical (unpaired) electrons. The molecular formula is C12H14Cl2N4. The van der Waals surface area contributed by atoms with Gasteiger partial charge in [-0.05, 0) is 30.3 Å². The van der Waals surface area contributed by atoms with E-state index in [0.717, 1.165) is 5.69 Å². The molecule has 0 aromatic heterocycles. The third-order valence-corrected chi connectivity index (χ3v) is 2.08. The second-order valence-corrected chi connectivity index (χ2v) is 3.35. The van der Waals surface area contributed by atoms with E-state index in [1.54, 1.807) is 18.2 Å². The largest absolute Gasteiger partial charge is 0.399 e. The lowest BCUT2D eigenvalue weighted by atomic mass is 10.2. The quantitative estimate of drug-likeness (QED) is 0.643. The highest BCUT2D eigenvalue weighted by molar-refractivity contribution is 5.85. The molecule has 0 spiro atoms. The van der Waals surface area contributed by atoms with Crippen molar-refractivity contribution in [3.8, 4) is 0 Å². The number of nitrogens with zero attached hydrogens (tertiary/aromatic N) is 2. The van der Waals surface area contributed by atoms with Gasteiger partial charge < -0.3 is 11.5 Å². The fourth-order valence-corrected chi connectivity index (χ4v) is 1.27. The van der Waals surface area contributed by atoms with E-state index >= 15 is 0 Å². The van der Waals surface area contributed by atoms with Crippen molar-refractivity contribution in [2.45, 2.75) is 0 Å². The molecule has 0 atom stereocenters. The summed E-state index contributed by atoms with van der Waals surface area (Å²) < 4.78 is 0. The van der Waals surface area contributed by atoms with Crippen LogP contribution in [0.2, 0.25) is 0 Å². The normalized spacial score (nSPS) is 9.56. The van der Waals surface area contributed by atoms with E-state index in [1.807, 2.05) is 30.3 Å². The SMILES string of the molecule is Cl.Cl.Nc1ccc(/N=N/c2ccccc2)c(N)c1. The molecule has 2 aromatic rings. The number of hydrogen-bond acceptors (Lipinski definition) is 4. The Kier molecular flexibility index (Phi) is 6.78. The highest BCUT2D eigenvalue weighted by Gasteiger charge is 1.97. The molecule has 0 aliphatic heterocycles. The molecule has 0 saturated carbocycles. The molecular weight excluding hydrogens is 271 g/mol. The molecule has 4 N–H and O–H groups in total. The van der Waals surface area contributed by atoms with Gasteiger partial charge in [0.1, 0.15) is 5.69 Å². The van der Waals surface area contributed by atoms with Gasteiger partial charge in [-0.25, -0.2) is 0 Å². The Bertz CT molecular complexity index is 515. The van der Waals surface area contributed by atoms with Crippen molar-refractivity contribution in [1.82, 2.24) is 0 Å². The van der Waals surface area contributed by atoms with Gasteiger partial charge in [0.2, 0.25) is 0 Å². The number of azo groups is 1. The monoisotopic (exact) mass is 284 g/mol. The minimum Gasteiger partial charge on any atom is -0.399 e. The van der Waals surface area contributed by atoms with Crippen LogP contribution in [0.3, 0.4) is 0 Å². The van der Waals surface area contributed by atoms with Crippen LogP contribution in [0, 0.1) is 0 Å². The van der Waals surface area contributed by atoms with Crippen LogP contribution in [0.25, 0.3) is 0 Å². The molecule has 0 amide bonds. The predicted octanol–water partition coefficient (Wildman–Crippen LogP) is 4.11. The zero-order valence-corrected chi connectivity index (χ0v) is 11.1. The summed E-state index contributed by atoms with van der Waals surface area (Å²) in [6, 6.07) is 14.6. The molecule has 0 aliphatic carbocycles. The minimum absolute atomic E-state index is 0. The zero-order valence-electron chi connectivity index (χ0n) is 9.48. The lowest BCUT2D eigenvalue weighted by Crippen LogP contribution is -1.89. The third kappa shape index (κ3) is 4.24. The second-order valence-electron chi connectivity index (χ2n) is 3.35. The summed E-state index contributed by atoms with van der Waals surface area (Å²) in [5.74, 6) is 0. The first-order valence-electron chi connectivity index (χ1n) is 4.87. The molecule has 4 nitrogen and oxygen atoms in total. The summed E-state index contributed by atoms with van der Waals surface area (Å²) in [6.07, 6.45) is 0. The number of halogens is 2. The van der Waals surface area contributed by atoms with Crippen molar-refractivity contribution in [2.75, 3.05) is 11.5 Å². The second kappa shape index (κ2) is 7.53. The van der Waals surface area contributed by atoms with Crippen molar-refractivity contribution in [3.05, 3.63) is 48.5 Å². The molecule has 0 bridgehead atoms. The Morgan fingerprint density at radius 1 is 0.778 bits per heavy atom. The van der Waals surface area contributed by atoms with Crippen LogP contribution in [-0.4, -0.2) is 0 Å². The molecule has 0 aliphatic rings. The average molecular weight is 285 g/mol. The number of rotatable bonds is 2. The first-order chi connectivity index (χ1) is 7.75. The first-order valence-corrected chi connectivity index (χ1v) is 4.87. The Morgan fingerprint density at radius 2 is 1.44 bits per heavy atom. The van der Waals surface area contributed by atoms with Gasteiger partial charge in [0.15, 0.2) is 0 Å². The lowest BCUT2D eigenvalue weighted by molar-refractivity contribution is 1.23. The first kappa shape index (κ1) is 16.2. The Labute approximate surface area is 118 Å². The van der Waals surface area contributed by atoms with Gasteiger partial charge >= 0.3 is 0 Å². The minimum atomic E-state index is 0. The highest BCUT2D eigenvalue weighted by atomic mass is 35.5. The highest BCUT2D eigenvalue weighted by Crippen LogP contribution is 2.26. The zero-order chi connectivity index (χ0) is 11.4. The van der Waals surface area contributed by atoms with Crippen molar-refractivity contribution in [2.24, 2.45) is 10.2 Å². The van der Waals surface area contributed by atoms with Crippen LogP contribution < -0.4 is 11.5 Å². The van der Waals surface area contributed by atoms with Crippen LogP contribution in [0.15, 0.2) is 58.8 Å². The van der Waals surface area contributed by atoms with Crippen molar-refractivity contribution in [3.63, 3.8) is 0 Å². The van der Waals surface area contributed by atoms with Crippen molar-refractivity contribution in [1.29, 1.82) is 0 Å². The number of hydrogen-bond donors (Lipinski definition) is 2. The van der Waals surface area contributed by atoms with Crippen LogP contribution in [0.1, 0.15) is 0 Å². The molecule has 96 valence electrons. The van der Waals surface area contributed by atoms with Crippen molar-refractivity contribution >= 4 is 47.6 Å². The maximum Gasteiger partial charge on any atom is 0.109 e. The lowest BCUT2D eigenvalue weighted by Gasteiger charge is -1.99. The van der Waals surface area contributed by atoms with E-state index in [-0.39, 0.29) is 24.8 Å². The van der Waals surface area contributed by atoms with E-state index in [1.165, 1.54) is 0 Å². The summed E-state index contributed by atoms with van der Waals surface area (Å²) in [5.41, 5.74) is 13.9. The molecule has 6 heteroatoms. The summed E-state index contributed by atoms with van der Waals surface area (Å²) in [7, 11) is 0. The fraction of sp³-hybridized carbons (Fsp3) is 0. The van der Waals surface area contributed by atoms with Gasteiger partial charge in [0.25, 0.3) is 0 Å². The van der Waals surface area contributed by atoms with Gasteiger partial charge in [0.05, 0.1) is 11.4 Å². The Balaban J connectivity index is 0.00000144. The van der Waals surface area contributed by atoms with Crippen molar-refractivity contribution < 1.29 is 0 Å². The van der Waals surface area contributed by atoms with Gasteiger partial charge in [0, 0.05) is 5.69 Å². The number of benzene rings is 2. The molecule has 0 saturated heterocycles. The Morgan fingerprint density at radius 3 is 2.06 bits per heavy atom. The van der Waals surface area contributed by atoms with E-state index in [4.69, 9.17) is 11.5 Å². The van der Waals surface area contributed by atoms with Crippen LogP contribution >= 0.6 is 24.8 Å². The maximum absolute atomic E-state index is 5.75. The summed E-state index contributed by atoms with van der Waals surface area (Å²) in [4.78, 5) is 0. The molecule has 2 aromatic carbocycles. The van der Waals surface area contributed by atoms with Crippen LogP contribution in [0.5, 0.6) is 0 Å². The van der Waals surface area contributed by atoms with Gasteiger partial charge in [-0.15, -0.1) is 29.9 Å². The van der Waals surface area contributed by atoms with E-state index in [2.05, 4.69) is 10.2 Å². The van der Waals surface area contributed by atoms with E-state index in [0.29, 0.717) is 17.1 Å². The van der Waals surface area contributed by atoms with Crippen LogP contribution in [-0.2, 0) is 0 Å². The summed E-state index contributed by atoms with van der Waals surface area (Å²) >= 11 is 0. The Hall–Kier alpha value is -1.78. The number of nitrogen functional groups attached to an aromatic ring is 2. The topological polar surface area (TPSA) is 76.8 Å². The summed E-state index contributed by atoms with van der Waals surface area (Å²) in [6.45, 7) is 0. The smallest absolute Gasteiger partial charge is 0.109 e. The molecule has 0 heterocycles. The number of nitrogens with two attached hydrogens (primary N) is 2. The van der Waals surface area contributed by atoms with E-state index < -0.39 is 0 Å². The molecule has 2 rings (SSSR count). The summed E-state index contributed by atoms with van der Waals surface area (Å²) in [5, 5.41) is 8.13. The van der Waals surface area contributed by atoms with E-state index in [9.17, 15) is 0 Å². The molecule has 0 unspecified atom stereocenters. The predicted molar refractivity (Wildman–Crippen MR) is 80.4 cm³/mol.